The average Bonchev–Trinajstić information content (AvgIpc) is 3.11. The van der Waals surface area contributed by atoms with Gasteiger partial charge in [-0.15, -0.1) is 11.3 Å². The molecule has 0 radical (unpaired) electrons. The van der Waals surface area contributed by atoms with E-state index in [2.05, 4.69) is 20.0 Å². The Morgan fingerprint density at radius 1 is 1.48 bits per heavy atom. The molecule has 1 amide bonds. The lowest BCUT2D eigenvalue weighted by atomic mass is 10.1. The molecule has 0 fully saturated rings. The monoisotopic (exact) mass is 374 g/mol. The Kier molecular flexibility index (Phi) is 4.83. The first-order chi connectivity index (χ1) is 11.7. The van der Waals surface area contributed by atoms with Crippen LogP contribution in [0.4, 0.5) is 13.2 Å². The number of carbonyl (C=O) groups excluding carboxylic acids is 1. The smallest absolute Gasteiger partial charge is 0.353 e. The molecule has 0 unspecified atom stereocenters. The van der Waals surface area contributed by atoms with E-state index in [1.807, 2.05) is 18.7 Å². The van der Waals surface area contributed by atoms with Crippen molar-refractivity contribution in [2.24, 2.45) is 0 Å². The van der Waals surface area contributed by atoms with E-state index in [-0.39, 0.29) is 17.8 Å². The fraction of sp³-hybridized carbons (Fsp3) is 0.533. The highest BCUT2D eigenvalue weighted by molar-refractivity contribution is 7.15. The second-order valence-corrected chi connectivity index (χ2v) is 7.30. The number of nitrogens with one attached hydrogen (secondary N) is 1. The second kappa shape index (κ2) is 6.75. The van der Waals surface area contributed by atoms with Crippen molar-refractivity contribution >= 4 is 17.2 Å². The van der Waals surface area contributed by atoms with Crippen molar-refractivity contribution in [1.29, 1.82) is 0 Å². The van der Waals surface area contributed by atoms with Crippen LogP contribution in [-0.2, 0) is 23.9 Å². The molecule has 1 N–H and O–H groups in total. The number of hydrogen-bond acceptors (Lipinski definition) is 6. The lowest BCUT2D eigenvalue weighted by Gasteiger charge is -2.26. The zero-order chi connectivity index (χ0) is 18.2. The van der Waals surface area contributed by atoms with Gasteiger partial charge in [-0.3, -0.25) is 9.69 Å². The minimum atomic E-state index is -4.65. The standard InChI is InChI=1S/C15H17F3N4O2S/c1-8(2)19-12(23)7-22-4-3-10-9(6-22)5-11(25-10)13-20-14(24-21-13)15(16,17)18/h5,8H,3-4,6-7H2,1-2H3,(H,19,23). The lowest BCUT2D eigenvalue weighted by Crippen LogP contribution is -2.41. The van der Waals surface area contributed by atoms with Gasteiger partial charge in [0.1, 0.15) is 0 Å². The number of fused-ring (bicyclic) bond motifs is 1. The van der Waals surface area contributed by atoms with Crippen LogP contribution in [0.2, 0.25) is 0 Å². The third kappa shape index (κ3) is 4.18. The largest absolute Gasteiger partial charge is 0.471 e. The molecule has 6 nitrogen and oxygen atoms in total. The van der Waals surface area contributed by atoms with E-state index in [4.69, 9.17) is 0 Å². The summed E-state index contributed by atoms with van der Waals surface area (Å²) >= 11 is 1.36. The Balaban J connectivity index is 1.71. The van der Waals surface area contributed by atoms with Crippen molar-refractivity contribution in [1.82, 2.24) is 20.4 Å². The summed E-state index contributed by atoms with van der Waals surface area (Å²) in [6.07, 6.45) is -3.92. The van der Waals surface area contributed by atoms with Gasteiger partial charge < -0.3 is 9.84 Å². The van der Waals surface area contributed by atoms with Gasteiger partial charge in [-0.1, -0.05) is 5.16 Å². The molecule has 2 aromatic heterocycles. The highest BCUT2D eigenvalue weighted by atomic mass is 32.1. The molecule has 25 heavy (non-hydrogen) atoms. The van der Waals surface area contributed by atoms with Gasteiger partial charge in [0, 0.05) is 24.0 Å². The van der Waals surface area contributed by atoms with Crippen LogP contribution >= 0.6 is 11.3 Å². The van der Waals surface area contributed by atoms with E-state index in [1.165, 1.54) is 11.3 Å². The molecule has 1 aliphatic heterocycles. The van der Waals surface area contributed by atoms with Gasteiger partial charge in [0.2, 0.25) is 11.7 Å². The van der Waals surface area contributed by atoms with Crippen LogP contribution < -0.4 is 5.32 Å². The zero-order valence-electron chi connectivity index (χ0n) is 13.7. The third-order valence-electron chi connectivity index (χ3n) is 3.65. The topological polar surface area (TPSA) is 71.3 Å². The number of rotatable bonds is 4. The summed E-state index contributed by atoms with van der Waals surface area (Å²) in [4.78, 5) is 18.9. The van der Waals surface area contributed by atoms with Gasteiger partial charge in [0.25, 0.3) is 0 Å². The van der Waals surface area contributed by atoms with E-state index >= 15 is 0 Å². The van der Waals surface area contributed by atoms with Crippen LogP contribution in [0.5, 0.6) is 0 Å². The number of alkyl halides is 3. The average molecular weight is 374 g/mol. The maximum absolute atomic E-state index is 12.6. The fourth-order valence-electron chi connectivity index (χ4n) is 2.65. The minimum Gasteiger partial charge on any atom is -0.353 e. The molecule has 0 bridgehead atoms. The van der Waals surface area contributed by atoms with E-state index in [1.54, 1.807) is 6.07 Å². The Morgan fingerprint density at radius 2 is 2.24 bits per heavy atom. The van der Waals surface area contributed by atoms with Gasteiger partial charge in [-0.2, -0.15) is 18.2 Å². The first kappa shape index (κ1) is 17.9. The molecule has 3 heterocycles. The van der Waals surface area contributed by atoms with Crippen molar-refractivity contribution in [2.75, 3.05) is 13.1 Å². The zero-order valence-corrected chi connectivity index (χ0v) is 14.5. The Labute approximate surface area is 146 Å². The predicted octanol–water partition coefficient (Wildman–Crippen LogP) is 2.70. The summed E-state index contributed by atoms with van der Waals surface area (Å²) in [5, 5.41) is 6.27. The Morgan fingerprint density at radius 3 is 2.88 bits per heavy atom. The summed E-state index contributed by atoms with van der Waals surface area (Å²) in [6, 6.07) is 1.86. The van der Waals surface area contributed by atoms with Gasteiger partial charge in [0.15, 0.2) is 0 Å². The summed E-state index contributed by atoms with van der Waals surface area (Å²) in [6.45, 7) is 5.39. The number of thiophene rings is 1. The van der Waals surface area contributed by atoms with E-state index in [0.29, 0.717) is 18.0 Å². The number of amides is 1. The quantitative estimate of drug-likeness (QED) is 0.891. The first-order valence-electron chi connectivity index (χ1n) is 7.77. The van der Waals surface area contributed by atoms with Gasteiger partial charge in [0.05, 0.1) is 11.4 Å². The van der Waals surface area contributed by atoms with E-state index in [9.17, 15) is 18.0 Å². The fourth-order valence-corrected chi connectivity index (χ4v) is 3.73. The highest BCUT2D eigenvalue weighted by Gasteiger charge is 2.38. The number of aromatic nitrogens is 2. The molecule has 136 valence electrons. The van der Waals surface area contributed by atoms with Crippen LogP contribution in [0, 0.1) is 0 Å². The Bertz CT molecular complexity index is 769. The van der Waals surface area contributed by atoms with Crippen LogP contribution in [0.15, 0.2) is 10.6 Å². The summed E-state index contributed by atoms with van der Waals surface area (Å²) in [7, 11) is 0. The van der Waals surface area contributed by atoms with Crippen LogP contribution in [0.25, 0.3) is 10.7 Å². The van der Waals surface area contributed by atoms with Crippen molar-refractivity contribution < 1.29 is 22.5 Å². The summed E-state index contributed by atoms with van der Waals surface area (Å²) in [5.74, 6) is -1.45. The van der Waals surface area contributed by atoms with E-state index < -0.39 is 12.1 Å². The SMILES string of the molecule is CC(C)NC(=O)CN1CCc2sc(-c3noc(C(F)(F)F)n3)cc2C1. The maximum Gasteiger partial charge on any atom is 0.471 e. The summed E-state index contributed by atoms with van der Waals surface area (Å²) in [5.41, 5.74) is 0.988. The molecule has 1 aliphatic rings. The number of hydrogen-bond donors (Lipinski definition) is 1. The molecular weight excluding hydrogens is 357 g/mol. The normalized spacial score (nSPS) is 15.4. The molecule has 0 spiro atoms. The molecule has 0 aliphatic carbocycles. The molecule has 0 atom stereocenters. The second-order valence-electron chi connectivity index (χ2n) is 6.16. The maximum atomic E-state index is 12.6. The first-order valence-corrected chi connectivity index (χ1v) is 8.58. The molecule has 0 saturated heterocycles. The van der Waals surface area contributed by atoms with Gasteiger partial charge in [-0.25, -0.2) is 0 Å². The van der Waals surface area contributed by atoms with Gasteiger partial charge in [-0.05, 0) is 31.9 Å². The molecule has 0 saturated carbocycles. The number of carbonyl (C=O) groups is 1. The lowest BCUT2D eigenvalue weighted by molar-refractivity contribution is -0.159. The van der Waals surface area contributed by atoms with Gasteiger partial charge >= 0.3 is 12.1 Å². The molecule has 3 rings (SSSR count). The van der Waals surface area contributed by atoms with Crippen molar-refractivity contribution in [3.05, 3.63) is 22.4 Å². The van der Waals surface area contributed by atoms with Crippen LogP contribution in [0.3, 0.4) is 0 Å². The number of nitrogens with zero attached hydrogens (tertiary/aromatic N) is 3. The highest BCUT2D eigenvalue weighted by Crippen LogP contribution is 2.35. The molecule has 0 aromatic carbocycles. The van der Waals surface area contributed by atoms with Crippen LogP contribution in [0.1, 0.15) is 30.2 Å². The van der Waals surface area contributed by atoms with Crippen LogP contribution in [-0.4, -0.2) is 40.1 Å². The summed E-state index contributed by atoms with van der Waals surface area (Å²) < 4.78 is 42.0. The van der Waals surface area contributed by atoms with Crippen molar-refractivity contribution in [3.8, 4) is 10.7 Å². The molecule has 10 heteroatoms. The number of halogens is 3. The third-order valence-corrected chi connectivity index (χ3v) is 4.88. The minimum absolute atomic E-state index is 0.0399. The Hall–Kier alpha value is -1.94. The van der Waals surface area contributed by atoms with Crippen molar-refractivity contribution in [3.63, 3.8) is 0 Å². The van der Waals surface area contributed by atoms with E-state index in [0.717, 1.165) is 23.4 Å². The predicted molar refractivity (Wildman–Crippen MR) is 84.9 cm³/mol. The van der Waals surface area contributed by atoms with Crippen molar-refractivity contribution in [2.45, 2.75) is 39.0 Å². The molecule has 2 aromatic rings. The molecular formula is C15H17F3N4O2S.